The number of benzene rings is 2. The van der Waals surface area contributed by atoms with E-state index < -0.39 is 28.5 Å². The van der Waals surface area contributed by atoms with Gasteiger partial charge in [0.2, 0.25) is 21.8 Å². The molecule has 0 aliphatic carbocycles. The zero-order valence-corrected chi connectivity index (χ0v) is 23.4. The van der Waals surface area contributed by atoms with Crippen LogP contribution in [0.5, 0.6) is 11.5 Å². The molecule has 37 heavy (non-hydrogen) atoms. The largest absolute Gasteiger partial charge is 0.497 e. The number of aryl methyl sites for hydroxylation is 1. The molecule has 2 rings (SSSR count). The van der Waals surface area contributed by atoms with Crippen LogP contribution < -0.4 is 19.1 Å². The molecule has 2 aromatic rings. The number of carbonyl (C=O) groups is 2. The topological polar surface area (TPSA) is 105 Å². The molecule has 0 aliphatic rings. The first kappa shape index (κ1) is 30.0. The van der Waals surface area contributed by atoms with Gasteiger partial charge in [0, 0.05) is 19.2 Å². The molecule has 0 saturated carbocycles. The number of hydrogen-bond acceptors (Lipinski definition) is 6. The van der Waals surface area contributed by atoms with Crippen LogP contribution in [0.1, 0.15) is 44.2 Å². The van der Waals surface area contributed by atoms with Crippen LogP contribution in [0.2, 0.25) is 0 Å². The summed E-state index contributed by atoms with van der Waals surface area (Å²) in [6.07, 6.45) is 3.15. The number of unbranched alkanes of at least 4 members (excludes halogenated alkanes) is 1. The third-order valence-electron chi connectivity index (χ3n) is 6.15. The van der Waals surface area contributed by atoms with E-state index in [4.69, 9.17) is 9.47 Å². The van der Waals surface area contributed by atoms with Crippen molar-refractivity contribution in [2.45, 2.75) is 52.6 Å². The number of amides is 2. The molecule has 1 atom stereocenters. The summed E-state index contributed by atoms with van der Waals surface area (Å²) in [5.74, 6) is -0.0805. The molecule has 9 nitrogen and oxygen atoms in total. The number of methoxy groups -OCH3 is 2. The number of anilines is 1. The van der Waals surface area contributed by atoms with Crippen LogP contribution >= 0.6 is 0 Å². The maximum Gasteiger partial charge on any atom is 0.244 e. The minimum absolute atomic E-state index is 0.165. The molecule has 2 aromatic carbocycles. The summed E-state index contributed by atoms with van der Waals surface area (Å²) >= 11 is 0. The normalized spacial score (nSPS) is 11.9. The summed E-state index contributed by atoms with van der Waals surface area (Å²) in [6.45, 7) is 5.97. The minimum Gasteiger partial charge on any atom is -0.497 e. The SMILES string of the molecule is CCCCNC(=O)C(CC)N(Cc1ccccc1C)C(=O)CN(c1cc(OC)ccc1OC)S(C)(=O)=O. The lowest BCUT2D eigenvalue weighted by molar-refractivity contribution is -0.140. The third kappa shape index (κ3) is 8.11. The zero-order valence-electron chi connectivity index (χ0n) is 22.6. The van der Waals surface area contributed by atoms with E-state index in [1.54, 1.807) is 12.1 Å². The van der Waals surface area contributed by atoms with Crippen LogP contribution in [0, 0.1) is 6.92 Å². The van der Waals surface area contributed by atoms with E-state index in [0.717, 1.165) is 34.5 Å². The van der Waals surface area contributed by atoms with Crippen LogP contribution in [0.3, 0.4) is 0 Å². The molecule has 0 heterocycles. The maximum absolute atomic E-state index is 13.8. The summed E-state index contributed by atoms with van der Waals surface area (Å²) in [6, 6.07) is 11.6. The van der Waals surface area contributed by atoms with Crippen molar-refractivity contribution in [3.63, 3.8) is 0 Å². The van der Waals surface area contributed by atoms with Gasteiger partial charge in [0.25, 0.3) is 0 Å². The first-order valence-corrected chi connectivity index (χ1v) is 14.2. The highest BCUT2D eigenvalue weighted by atomic mass is 32.2. The van der Waals surface area contributed by atoms with Gasteiger partial charge in [-0.3, -0.25) is 13.9 Å². The second kappa shape index (κ2) is 13.9. The number of ether oxygens (including phenoxy) is 2. The number of nitrogens with one attached hydrogen (secondary N) is 1. The van der Waals surface area contributed by atoms with E-state index in [-0.39, 0.29) is 23.9 Å². The number of rotatable bonds is 14. The van der Waals surface area contributed by atoms with Gasteiger partial charge in [0.15, 0.2) is 0 Å². The molecule has 0 radical (unpaired) electrons. The fourth-order valence-corrected chi connectivity index (χ4v) is 4.83. The highest BCUT2D eigenvalue weighted by molar-refractivity contribution is 7.92. The van der Waals surface area contributed by atoms with Crippen LogP contribution in [-0.4, -0.2) is 64.7 Å². The second-order valence-electron chi connectivity index (χ2n) is 8.82. The number of sulfonamides is 1. The number of nitrogens with zero attached hydrogens (tertiary/aromatic N) is 2. The fourth-order valence-electron chi connectivity index (χ4n) is 3.98. The molecule has 0 fully saturated rings. The average Bonchev–Trinajstić information content (AvgIpc) is 2.87. The summed E-state index contributed by atoms with van der Waals surface area (Å²) in [5.41, 5.74) is 2.02. The predicted molar refractivity (Wildman–Crippen MR) is 145 cm³/mol. The Balaban J connectivity index is 2.51. The molecular formula is C27H39N3O6S. The first-order chi connectivity index (χ1) is 17.6. The molecule has 0 aromatic heterocycles. The Hall–Kier alpha value is -3.27. The van der Waals surface area contributed by atoms with Crippen LogP contribution in [-0.2, 0) is 26.2 Å². The van der Waals surface area contributed by atoms with E-state index >= 15 is 0 Å². The van der Waals surface area contributed by atoms with E-state index in [0.29, 0.717) is 18.7 Å². The van der Waals surface area contributed by atoms with Crippen molar-refractivity contribution < 1.29 is 27.5 Å². The standard InChI is InChI=1S/C27H39N3O6S/c1-7-9-16-28-27(32)23(8-2)29(18-21-13-11-10-12-20(21)3)26(31)19-30(37(6,33)34)24-17-22(35-4)14-15-25(24)36-5/h10-15,17,23H,7-9,16,18-19H2,1-6H3,(H,28,32). The Morgan fingerprint density at radius 2 is 1.76 bits per heavy atom. The Labute approximate surface area is 220 Å². The fraction of sp³-hybridized carbons (Fsp3) is 0.481. The molecule has 2 amide bonds. The number of hydrogen-bond donors (Lipinski definition) is 1. The van der Waals surface area contributed by atoms with Gasteiger partial charge in [0.05, 0.1) is 26.2 Å². The minimum atomic E-state index is -3.91. The Bertz CT molecular complexity index is 1170. The van der Waals surface area contributed by atoms with E-state index in [2.05, 4.69) is 5.32 Å². The van der Waals surface area contributed by atoms with Crippen molar-refractivity contribution in [3.8, 4) is 11.5 Å². The lowest BCUT2D eigenvalue weighted by Crippen LogP contribution is -2.52. The summed E-state index contributed by atoms with van der Waals surface area (Å²) in [5, 5.41) is 2.92. The van der Waals surface area contributed by atoms with Gasteiger partial charge in [-0.15, -0.1) is 0 Å². The van der Waals surface area contributed by atoms with E-state index in [1.165, 1.54) is 25.2 Å². The molecule has 1 N–H and O–H groups in total. The predicted octanol–water partition coefficient (Wildman–Crippen LogP) is 3.50. The van der Waals surface area contributed by atoms with E-state index in [1.807, 2.05) is 45.0 Å². The molecule has 10 heteroatoms. The van der Waals surface area contributed by atoms with Crippen LogP contribution in [0.4, 0.5) is 5.69 Å². The van der Waals surface area contributed by atoms with Crippen molar-refractivity contribution in [2.75, 3.05) is 37.9 Å². The van der Waals surface area contributed by atoms with Gasteiger partial charge in [-0.25, -0.2) is 8.42 Å². The summed E-state index contributed by atoms with van der Waals surface area (Å²) in [4.78, 5) is 28.4. The lowest BCUT2D eigenvalue weighted by Gasteiger charge is -2.33. The van der Waals surface area contributed by atoms with E-state index in [9.17, 15) is 18.0 Å². The van der Waals surface area contributed by atoms with Gasteiger partial charge in [-0.2, -0.15) is 0 Å². The monoisotopic (exact) mass is 533 g/mol. The molecular weight excluding hydrogens is 494 g/mol. The lowest BCUT2D eigenvalue weighted by atomic mass is 10.1. The molecule has 0 bridgehead atoms. The van der Waals surface area contributed by atoms with Gasteiger partial charge < -0.3 is 19.7 Å². The van der Waals surface area contributed by atoms with Crippen molar-refractivity contribution >= 4 is 27.5 Å². The first-order valence-electron chi connectivity index (χ1n) is 12.4. The second-order valence-corrected chi connectivity index (χ2v) is 10.7. The van der Waals surface area contributed by atoms with Gasteiger partial charge in [-0.05, 0) is 43.0 Å². The van der Waals surface area contributed by atoms with Crippen molar-refractivity contribution in [1.29, 1.82) is 0 Å². The highest BCUT2D eigenvalue weighted by Crippen LogP contribution is 2.34. The molecule has 1 unspecified atom stereocenters. The number of carbonyl (C=O) groups excluding carboxylic acids is 2. The summed E-state index contributed by atoms with van der Waals surface area (Å²) in [7, 11) is -1.02. The van der Waals surface area contributed by atoms with Gasteiger partial charge in [-0.1, -0.05) is 44.5 Å². The van der Waals surface area contributed by atoms with Crippen molar-refractivity contribution in [1.82, 2.24) is 10.2 Å². The molecule has 204 valence electrons. The Morgan fingerprint density at radius 3 is 2.32 bits per heavy atom. The van der Waals surface area contributed by atoms with Crippen LogP contribution in [0.25, 0.3) is 0 Å². The zero-order chi connectivity index (χ0) is 27.6. The molecule has 0 saturated heterocycles. The van der Waals surface area contributed by atoms with Crippen LogP contribution in [0.15, 0.2) is 42.5 Å². The quantitative estimate of drug-likeness (QED) is 0.373. The van der Waals surface area contributed by atoms with Crippen molar-refractivity contribution in [3.05, 3.63) is 53.6 Å². The summed E-state index contributed by atoms with van der Waals surface area (Å²) < 4.78 is 37.4. The molecule has 0 aliphatic heterocycles. The molecule has 0 spiro atoms. The average molecular weight is 534 g/mol. The maximum atomic E-state index is 13.8. The van der Waals surface area contributed by atoms with Gasteiger partial charge in [0.1, 0.15) is 24.1 Å². The van der Waals surface area contributed by atoms with Gasteiger partial charge >= 0.3 is 0 Å². The smallest absolute Gasteiger partial charge is 0.244 e. The third-order valence-corrected chi connectivity index (χ3v) is 7.28. The Morgan fingerprint density at radius 1 is 1.05 bits per heavy atom. The van der Waals surface area contributed by atoms with Crippen molar-refractivity contribution in [2.24, 2.45) is 0 Å². The highest BCUT2D eigenvalue weighted by Gasteiger charge is 2.32. The Kier molecular flexibility index (Phi) is 11.2.